The molecule has 3 nitrogen and oxygen atoms in total. The van der Waals surface area contributed by atoms with Crippen molar-refractivity contribution in [2.45, 2.75) is 65.7 Å². The first-order valence-corrected chi connectivity index (χ1v) is 8.22. The van der Waals surface area contributed by atoms with Gasteiger partial charge in [-0.2, -0.15) is 0 Å². The summed E-state index contributed by atoms with van der Waals surface area (Å²) in [5.41, 5.74) is 0.379. The number of rotatable bonds is 6. The second-order valence-corrected chi connectivity index (χ2v) is 7.46. The third-order valence-electron chi connectivity index (χ3n) is 4.83. The van der Waals surface area contributed by atoms with E-state index in [0.717, 1.165) is 44.6 Å². The minimum Gasteiger partial charge on any atom is -0.396 e. The molecule has 0 aliphatic heterocycles. The standard InChI is InChI=1S/C17H33NO2/c1-17(2,3)15-10-8-14(9-11-15)16(20)18(4)12-6-5-7-13-19/h14-15,19H,5-13H2,1-4H3. The third kappa shape index (κ3) is 5.43. The monoisotopic (exact) mass is 283 g/mol. The van der Waals surface area contributed by atoms with Gasteiger partial charge in [0.1, 0.15) is 0 Å². The van der Waals surface area contributed by atoms with Crippen molar-refractivity contribution in [3.05, 3.63) is 0 Å². The van der Waals surface area contributed by atoms with Crippen LogP contribution >= 0.6 is 0 Å². The first kappa shape index (κ1) is 17.5. The molecular weight excluding hydrogens is 250 g/mol. The van der Waals surface area contributed by atoms with Crippen LogP contribution in [-0.2, 0) is 4.79 Å². The van der Waals surface area contributed by atoms with Gasteiger partial charge >= 0.3 is 0 Å². The summed E-state index contributed by atoms with van der Waals surface area (Å²) >= 11 is 0. The zero-order valence-corrected chi connectivity index (χ0v) is 13.8. The number of aliphatic hydroxyl groups is 1. The predicted molar refractivity (Wildman–Crippen MR) is 83.5 cm³/mol. The minimum atomic E-state index is 0.247. The molecule has 1 fully saturated rings. The van der Waals surface area contributed by atoms with Crippen LogP contribution in [0.4, 0.5) is 0 Å². The van der Waals surface area contributed by atoms with Crippen LogP contribution in [0.5, 0.6) is 0 Å². The molecule has 1 N–H and O–H groups in total. The van der Waals surface area contributed by atoms with Crippen molar-refractivity contribution in [3.63, 3.8) is 0 Å². The number of carbonyl (C=O) groups excluding carboxylic acids is 1. The van der Waals surface area contributed by atoms with Crippen molar-refractivity contribution in [3.8, 4) is 0 Å². The number of unbranched alkanes of at least 4 members (excludes halogenated alkanes) is 2. The van der Waals surface area contributed by atoms with Gasteiger partial charge in [-0.3, -0.25) is 4.79 Å². The molecule has 0 saturated heterocycles. The van der Waals surface area contributed by atoms with E-state index in [1.54, 1.807) is 0 Å². The molecule has 20 heavy (non-hydrogen) atoms. The van der Waals surface area contributed by atoms with Gasteiger partial charge in [-0.15, -0.1) is 0 Å². The van der Waals surface area contributed by atoms with Crippen molar-refractivity contribution in [2.75, 3.05) is 20.2 Å². The topological polar surface area (TPSA) is 40.5 Å². The molecule has 1 amide bonds. The van der Waals surface area contributed by atoms with Crippen molar-refractivity contribution >= 4 is 5.91 Å². The molecule has 0 bridgehead atoms. The Morgan fingerprint density at radius 3 is 2.20 bits per heavy atom. The van der Waals surface area contributed by atoms with Crippen LogP contribution in [0.1, 0.15) is 65.7 Å². The Balaban J connectivity index is 2.31. The number of aliphatic hydroxyl groups excluding tert-OH is 1. The average Bonchev–Trinajstić information content (AvgIpc) is 2.41. The zero-order valence-electron chi connectivity index (χ0n) is 13.8. The first-order chi connectivity index (χ1) is 9.36. The van der Waals surface area contributed by atoms with E-state index in [2.05, 4.69) is 20.8 Å². The molecule has 0 heterocycles. The Hall–Kier alpha value is -0.570. The van der Waals surface area contributed by atoms with Gasteiger partial charge in [-0.05, 0) is 56.3 Å². The number of hydrogen-bond donors (Lipinski definition) is 1. The molecule has 3 heteroatoms. The lowest BCUT2D eigenvalue weighted by molar-refractivity contribution is -0.135. The number of amides is 1. The van der Waals surface area contributed by atoms with Gasteiger partial charge < -0.3 is 10.0 Å². The Morgan fingerprint density at radius 1 is 1.10 bits per heavy atom. The van der Waals surface area contributed by atoms with E-state index in [1.807, 2.05) is 11.9 Å². The first-order valence-electron chi connectivity index (χ1n) is 8.22. The fraction of sp³-hybridized carbons (Fsp3) is 0.941. The van der Waals surface area contributed by atoms with E-state index < -0.39 is 0 Å². The van der Waals surface area contributed by atoms with Crippen LogP contribution in [-0.4, -0.2) is 36.1 Å². The molecule has 118 valence electrons. The molecule has 1 saturated carbocycles. The molecule has 0 aromatic heterocycles. The molecule has 1 rings (SSSR count). The van der Waals surface area contributed by atoms with Gasteiger partial charge in [0.05, 0.1) is 0 Å². The maximum atomic E-state index is 12.4. The minimum absolute atomic E-state index is 0.247. The lowest BCUT2D eigenvalue weighted by Crippen LogP contribution is -2.37. The number of carbonyl (C=O) groups is 1. The van der Waals surface area contributed by atoms with Gasteiger partial charge in [0.2, 0.25) is 5.91 Å². The highest BCUT2D eigenvalue weighted by Gasteiger charge is 2.33. The summed E-state index contributed by atoms with van der Waals surface area (Å²) in [6, 6.07) is 0. The molecule has 0 atom stereocenters. The molecule has 0 unspecified atom stereocenters. The Kier molecular flexibility index (Phi) is 7.01. The lowest BCUT2D eigenvalue weighted by Gasteiger charge is -2.37. The highest BCUT2D eigenvalue weighted by atomic mass is 16.2. The van der Waals surface area contributed by atoms with Crippen LogP contribution in [0.2, 0.25) is 0 Å². The highest BCUT2D eigenvalue weighted by Crippen LogP contribution is 2.40. The van der Waals surface area contributed by atoms with Crippen LogP contribution < -0.4 is 0 Å². The fourth-order valence-electron chi connectivity index (χ4n) is 3.27. The summed E-state index contributed by atoms with van der Waals surface area (Å²) in [4.78, 5) is 14.3. The molecule has 0 aromatic rings. The van der Waals surface area contributed by atoms with Crippen LogP contribution in [0.25, 0.3) is 0 Å². The van der Waals surface area contributed by atoms with Crippen LogP contribution in [0.15, 0.2) is 0 Å². The Morgan fingerprint density at radius 2 is 1.70 bits per heavy atom. The van der Waals surface area contributed by atoms with Gasteiger partial charge in [0, 0.05) is 26.1 Å². The quantitative estimate of drug-likeness (QED) is 0.758. The molecule has 1 aliphatic carbocycles. The third-order valence-corrected chi connectivity index (χ3v) is 4.83. The summed E-state index contributed by atoms with van der Waals surface area (Å²) in [5, 5.41) is 8.75. The van der Waals surface area contributed by atoms with Gasteiger partial charge in [0.15, 0.2) is 0 Å². The average molecular weight is 283 g/mol. The van der Waals surface area contributed by atoms with Gasteiger partial charge in [-0.25, -0.2) is 0 Å². The zero-order chi connectivity index (χ0) is 15.2. The van der Waals surface area contributed by atoms with Crippen LogP contribution in [0, 0.1) is 17.3 Å². The summed E-state index contributed by atoms with van der Waals surface area (Å²) < 4.78 is 0. The molecule has 1 aliphatic rings. The van der Waals surface area contributed by atoms with E-state index in [-0.39, 0.29) is 12.5 Å². The second kappa shape index (κ2) is 8.02. The smallest absolute Gasteiger partial charge is 0.225 e. The summed E-state index contributed by atoms with van der Waals surface area (Å²) in [5.74, 6) is 1.35. The largest absolute Gasteiger partial charge is 0.396 e. The van der Waals surface area contributed by atoms with E-state index in [0.29, 0.717) is 11.3 Å². The molecule has 0 spiro atoms. The highest BCUT2D eigenvalue weighted by molar-refractivity contribution is 5.78. The van der Waals surface area contributed by atoms with Crippen molar-refractivity contribution < 1.29 is 9.90 Å². The SMILES string of the molecule is CN(CCCCCO)C(=O)C1CCC(C(C)(C)C)CC1. The summed E-state index contributed by atoms with van der Waals surface area (Å²) in [7, 11) is 1.93. The molecular formula is C17H33NO2. The van der Waals surface area contributed by atoms with Gasteiger partial charge in [0.25, 0.3) is 0 Å². The maximum absolute atomic E-state index is 12.4. The maximum Gasteiger partial charge on any atom is 0.225 e. The van der Waals surface area contributed by atoms with E-state index in [9.17, 15) is 4.79 Å². The van der Waals surface area contributed by atoms with Gasteiger partial charge in [-0.1, -0.05) is 20.8 Å². The van der Waals surface area contributed by atoms with Crippen molar-refractivity contribution in [1.82, 2.24) is 4.90 Å². The lowest BCUT2D eigenvalue weighted by atomic mass is 9.69. The number of nitrogens with zero attached hydrogens (tertiary/aromatic N) is 1. The Labute approximate surface area is 124 Å². The van der Waals surface area contributed by atoms with Crippen molar-refractivity contribution in [1.29, 1.82) is 0 Å². The normalized spacial score (nSPS) is 23.6. The van der Waals surface area contributed by atoms with Crippen LogP contribution in [0.3, 0.4) is 0 Å². The fourth-order valence-corrected chi connectivity index (χ4v) is 3.27. The molecule has 0 aromatic carbocycles. The predicted octanol–water partition coefficient (Wildman–Crippen LogP) is 3.46. The molecule has 0 radical (unpaired) electrons. The summed E-state index contributed by atoms with van der Waals surface area (Å²) in [6.07, 6.45) is 7.35. The van der Waals surface area contributed by atoms with E-state index >= 15 is 0 Å². The second-order valence-electron chi connectivity index (χ2n) is 7.46. The summed E-state index contributed by atoms with van der Waals surface area (Å²) in [6.45, 7) is 8.03. The number of hydrogen-bond acceptors (Lipinski definition) is 2. The van der Waals surface area contributed by atoms with E-state index in [4.69, 9.17) is 5.11 Å². The van der Waals surface area contributed by atoms with Crippen molar-refractivity contribution in [2.24, 2.45) is 17.3 Å². The van der Waals surface area contributed by atoms with E-state index in [1.165, 1.54) is 12.8 Å². The Bertz CT molecular complexity index is 288.